The third kappa shape index (κ3) is 3.62. The number of rotatable bonds is 2. The zero-order valence-corrected chi connectivity index (χ0v) is 9.61. The van der Waals surface area contributed by atoms with Crippen LogP contribution < -0.4 is 5.73 Å². The van der Waals surface area contributed by atoms with E-state index in [0.717, 1.165) is 0 Å². The summed E-state index contributed by atoms with van der Waals surface area (Å²) in [5, 5.41) is 8.43. The van der Waals surface area contributed by atoms with Gasteiger partial charge in [0.25, 0.3) is 0 Å². The molecule has 0 aliphatic heterocycles. The van der Waals surface area contributed by atoms with Gasteiger partial charge in [0.1, 0.15) is 5.82 Å². The van der Waals surface area contributed by atoms with Crippen LogP contribution in [0.15, 0.2) is 22.7 Å². The molecule has 0 aliphatic rings. The summed E-state index contributed by atoms with van der Waals surface area (Å²) in [5.41, 5.74) is 5.84. The summed E-state index contributed by atoms with van der Waals surface area (Å²) in [6.45, 7) is 0. The molecule has 1 rings (SSSR count). The summed E-state index contributed by atoms with van der Waals surface area (Å²) < 4.78 is 13.8. The summed E-state index contributed by atoms with van der Waals surface area (Å²) in [5.74, 6) is -0.333. The molecule has 0 amide bonds. The van der Waals surface area contributed by atoms with Crippen LogP contribution in [0.25, 0.3) is 0 Å². The van der Waals surface area contributed by atoms with Crippen molar-refractivity contribution in [2.24, 2.45) is 5.73 Å². The van der Waals surface area contributed by atoms with E-state index in [4.69, 9.17) is 11.0 Å². The highest BCUT2D eigenvalue weighted by Crippen LogP contribution is 2.16. The Labute approximate surface area is 96.4 Å². The summed E-state index contributed by atoms with van der Waals surface area (Å²) in [4.78, 5) is 0. The SMILES string of the molecule is Cl.N#C[C@@H](N)Cc1ccc(Br)cc1F. The minimum absolute atomic E-state index is 0. The van der Waals surface area contributed by atoms with E-state index in [0.29, 0.717) is 10.0 Å². The maximum Gasteiger partial charge on any atom is 0.127 e. The molecule has 0 aliphatic carbocycles. The first-order chi connectivity index (χ1) is 6.13. The Morgan fingerprint density at radius 1 is 1.57 bits per heavy atom. The highest BCUT2D eigenvalue weighted by molar-refractivity contribution is 9.10. The molecule has 0 heterocycles. The van der Waals surface area contributed by atoms with Crippen molar-refractivity contribution in [1.82, 2.24) is 0 Å². The first-order valence-corrected chi connectivity index (χ1v) is 4.52. The van der Waals surface area contributed by atoms with Crippen LogP contribution in [0.4, 0.5) is 4.39 Å². The minimum Gasteiger partial charge on any atom is -0.316 e. The molecule has 1 aromatic rings. The highest BCUT2D eigenvalue weighted by atomic mass is 79.9. The van der Waals surface area contributed by atoms with Crippen LogP contribution in [-0.2, 0) is 6.42 Å². The lowest BCUT2D eigenvalue weighted by Gasteiger charge is -2.04. The van der Waals surface area contributed by atoms with Crippen LogP contribution in [0, 0.1) is 17.1 Å². The lowest BCUT2D eigenvalue weighted by atomic mass is 10.1. The maximum atomic E-state index is 13.2. The summed E-state index contributed by atoms with van der Waals surface area (Å²) in [7, 11) is 0. The van der Waals surface area contributed by atoms with E-state index in [1.807, 2.05) is 6.07 Å². The van der Waals surface area contributed by atoms with Crippen LogP contribution in [0.2, 0.25) is 0 Å². The number of hydrogen-bond acceptors (Lipinski definition) is 2. The van der Waals surface area contributed by atoms with Crippen LogP contribution in [0.1, 0.15) is 5.56 Å². The molecule has 0 spiro atoms. The van der Waals surface area contributed by atoms with Gasteiger partial charge in [-0.2, -0.15) is 5.26 Å². The molecule has 0 radical (unpaired) electrons. The van der Waals surface area contributed by atoms with Crippen molar-refractivity contribution in [3.63, 3.8) is 0 Å². The predicted octanol–water partition coefficient (Wildman–Crippen LogP) is 2.40. The van der Waals surface area contributed by atoms with Crippen LogP contribution in [0.3, 0.4) is 0 Å². The fourth-order valence-corrected chi connectivity index (χ4v) is 1.30. The Hall–Kier alpha value is -0.630. The number of nitriles is 1. The average Bonchev–Trinajstić information content (AvgIpc) is 2.09. The molecule has 0 saturated heterocycles. The van der Waals surface area contributed by atoms with E-state index >= 15 is 0 Å². The molecule has 2 N–H and O–H groups in total. The topological polar surface area (TPSA) is 49.8 Å². The van der Waals surface area contributed by atoms with Crippen molar-refractivity contribution < 1.29 is 4.39 Å². The summed E-state index contributed by atoms with van der Waals surface area (Å²) >= 11 is 3.14. The summed E-state index contributed by atoms with van der Waals surface area (Å²) in [6, 6.07) is 5.92. The fraction of sp³-hybridized carbons (Fsp3) is 0.222. The Kier molecular flexibility index (Phi) is 5.70. The van der Waals surface area contributed by atoms with Gasteiger partial charge in [0.2, 0.25) is 0 Å². The third-order valence-electron chi connectivity index (χ3n) is 1.62. The number of nitrogens with two attached hydrogens (primary N) is 1. The van der Waals surface area contributed by atoms with Crippen LogP contribution in [-0.4, -0.2) is 6.04 Å². The minimum atomic E-state index is -0.643. The third-order valence-corrected chi connectivity index (χ3v) is 2.11. The van der Waals surface area contributed by atoms with Gasteiger partial charge in [-0.3, -0.25) is 0 Å². The second-order valence-electron chi connectivity index (χ2n) is 2.68. The van der Waals surface area contributed by atoms with Gasteiger partial charge in [-0.25, -0.2) is 4.39 Å². The normalized spacial score (nSPS) is 11.3. The number of hydrogen-bond donors (Lipinski definition) is 1. The Morgan fingerprint density at radius 2 is 2.21 bits per heavy atom. The molecule has 5 heteroatoms. The highest BCUT2D eigenvalue weighted by Gasteiger charge is 2.07. The number of halogens is 3. The van der Waals surface area contributed by atoms with Crippen molar-refractivity contribution in [1.29, 1.82) is 5.26 Å². The van der Waals surface area contributed by atoms with E-state index < -0.39 is 6.04 Å². The van der Waals surface area contributed by atoms with Crippen molar-refractivity contribution in [3.8, 4) is 6.07 Å². The molecule has 2 nitrogen and oxygen atoms in total. The Balaban J connectivity index is 0.00000169. The van der Waals surface area contributed by atoms with Gasteiger partial charge >= 0.3 is 0 Å². The molecule has 1 atom stereocenters. The van der Waals surface area contributed by atoms with Gasteiger partial charge < -0.3 is 5.73 Å². The molecule has 0 saturated carbocycles. The van der Waals surface area contributed by atoms with Gasteiger partial charge in [0, 0.05) is 10.9 Å². The van der Waals surface area contributed by atoms with Crippen molar-refractivity contribution in [3.05, 3.63) is 34.1 Å². The van der Waals surface area contributed by atoms with Gasteiger partial charge in [0.15, 0.2) is 0 Å². The molecule has 0 unspecified atom stereocenters. The zero-order chi connectivity index (χ0) is 9.84. The first-order valence-electron chi connectivity index (χ1n) is 3.72. The van der Waals surface area contributed by atoms with Gasteiger partial charge in [0.05, 0.1) is 12.1 Å². The maximum absolute atomic E-state index is 13.2. The van der Waals surface area contributed by atoms with E-state index in [-0.39, 0.29) is 24.6 Å². The van der Waals surface area contributed by atoms with E-state index in [1.54, 1.807) is 12.1 Å². The molecule has 0 aromatic heterocycles. The van der Waals surface area contributed by atoms with Crippen LogP contribution >= 0.6 is 28.3 Å². The van der Waals surface area contributed by atoms with Gasteiger partial charge in [-0.1, -0.05) is 22.0 Å². The van der Waals surface area contributed by atoms with Crippen molar-refractivity contribution >= 4 is 28.3 Å². The molecule has 76 valence electrons. The van der Waals surface area contributed by atoms with E-state index in [1.165, 1.54) is 6.07 Å². The Morgan fingerprint density at radius 3 is 2.71 bits per heavy atom. The van der Waals surface area contributed by atoms with Crippen LogP contribution in [0.5, 0.6) is 0 Å². The van der Waals surface area contributed by atoms with Gasteiger partial charge in [-0.05, 0) is 17.7 Å². The Bertz CT molecular complexity index is 351. The summed E-state index contributed by atoms with van der Waals surface area (Å²) in [6.07, 6.45) is 0.246. The predicted molar refractivity (Wildman–Crippen MR) is 58.6 cm³/mol. The van der Waals surface area contributed by atoms with Crippen molar-refractivity contribution in [2.75, 3.05) is 0 Å². The monoisotopic (exact) mass is 278 g/mol. The second-order valence-corrected chi connectivity index (χ2v) is 3.59. The average molecular weight is 280 g/mol. The van der Waals surface area contributed by atoms with E-state index in [2.05, 4.69) is 15.9 Å². The first kappa shape index (κ1) is 13.4. The molecule has 14 heavy (non-hydrogen) atoms. The lowest BCUT2D eigenvalue weighted by molar-refractivity contribution is 0.603. The number of benzene rings is 1. The number of nitrogens with zero attached hydrogens (tertiary/aromatic N) is 1. The standard InChI is InChI=1S/C9H8BrFN2.ClH/c10-7-2-1-6(9(11)4-7)3-8(13)5-12;/h1-2,4,8H,3,13H2;1H/t8-;/m0./s1. The molecular formula is C9H9BrClFN2. The smallest absolute Gasteiger partial charge is 0.127 e. The molecule has 0 fully saturated rings. The largest absolute Gasteiger partial charge is 0.316 e. The molecule has 0 bridgehead atoms. The zero-order valence-electron chi connectivity index (χ0n) is 7.21. The lowest BCUT2D eigenvalue weighted by Crippen LogP contribution is -2.20. The molecule has 1 aromatic carbocycles. The van der Waals surface area contributed by atoms with Gasteiger partial charge in [-0.15, -0.1) is 12.4 Å². The fourth-order valence-electron chi connectivity index (χ4n) is 0.970. The van der Waals surface area contributed by atoms with Crippen molar-refractivity contribution in [2.45, 2.75) is 12.5 Å². The second kappa shape index (κ2) is 5.97. The molecular weight excluding hydrogens is 270 g/mol. The quantitative estimate of drug-likeness (QED) is 0.904. The van der Waals surface area contributed by atoms with E-state index in [9.17, 15) is 4.39 Å².